The van der Waals surface area contributed by atoms with Gasteiger partial charge < -0.3 is 9.30 Å². The molecule has 2 aliphatic rings. The molecule has 0 N–H and O–H groups in total. The zero-order chi connectivity index (χ0) is 37.0. The Labute approximate surface area is 324 Å². The van der Waals surface area contributed by atoms with Crippen molar-refractivity contribution < 1.29 is 4.74 Å². The van der Waals surface area contributed by atoms with E-state index in [9.17, 15) is 0 Å². The predicted octanol–water partition coefficient (Wildman–Crippen LogP) is 12.4. The molecule has 11 rings (SSSR count). The van der Waals surface area contributed by atoms with E-state index in [0.29, 0.717) is 17.5 Å². The quantitative estimate of drug-likeness (QED) is 0.172. The Morgan fingerprint density at radius 2 is 1.00 bits per heavy atom. The standard InChI is InChI=1S/C51H34N4O/c1-4-14-33(15-5-1)34-26-28-35(29-27-34)38-20-12-21-39(32-38)55-43-24-11-10-22-40(43)47-44(55)31-30-41-46-42(23-13-25-45(46)56-48(41)47)51-53-49(36-16-6-2-7-17-36)52-50(54-51)37-18-8-3-9-19-37/h1-32,41,48H. The molecule has 56 heavy (non-hydrogen) atoms. The van der Waals surface area contributed by atoms with Gasteiger partial charge in [-0.2, -0.15) is 0 Å². The molecule has 0 saturated carbocycles. The molecule has 0 amide bonds. The van der Waals surface area contributed by atoms with Crippen molar-refractivity contribution in [1.29, 1.82) is 0 Å². The van der Waals surface area contributed by atoms with Crippen LogP contribution in [0, 0.1) is 0 Å². The third-order valence-electron chi connectivity index (χ3n) is 11.0. The van der Waals surface area contributed by atoms with Crippen LogP contribution in [-0.4, -0.2) is 19.5 Å². The lowest BCUT2D eigenvalue weighted by Crippen LogP contribution is -2.14. The lowest BCUT2D eigenvalue weighted by atomic mass is 9.83. The first-order chi connectivity index (χ1) is 27.8. The van der Waals surface area contributed by atoms with Crippen molar-refractivity contribution in [2.75, 3.05) is 0 Å². The summed E-state index contributed by atoms with van der Waals surface area (Å²) in [4.78, 5) is 15.1. The van der Waals surface area contributed by atoms with E-state index in [1.807, 2.05) is 66.7 Å². The number of rotatable bonds is 6. The average Bonchev–Trinajstić information content (AvgIpc) is 3.83. The lowest BCUT2D eigenvalue weighted by Gasteiger charge is -2.23. The normalized spacial score (nSPS) is 15.2. The maximum Gasteiger partial charge on any atom is 0.164 e. The number of hydrogen-bond donors (Lipinski definition) is 0. The Hall–Kier alpha value is -7.37. The van der Waals surface area contributed by atoms with E-state index in [1.165, 1.54) is 33.2 Å². The molecular weight excluding hydrogens is 685 g/mol. The molecule has 5 nitrogen and oxygen atoms in total. The number of fused-ring (bicyclic) bond motifs is 7. The van der Waals surface area contributed by atoms with Crippen LogP contribution < -0.4 is 4.74 Å². The molecule has 3 heterocycles. The number of hydrogen-bond acceptors (Lipinski definition) is 4. The van der Waals surface area contributed by atoms with Crippen molar-refractivity contribution >= 4 is 17.0 Å². The zero-order valence-corrected chi connectivity index (χ0v) is 30.3. The summed E-state index contributed by atoms with van der Waals surface area (Å²) >= 11 is 0. The SMILES string of the molecule is C1=CC2c3c(cccc3-c3nc(-c4ccccc4)nc(-c4ccccc4)n3)OC2c2c1n(-c1cccc(-c3ccc(-c4ccccc4)cc3)c1)c1ccccc21. The van der Waals surface area contributed by atoms with E-state index in [4.69, 9.17) is 19.7 Å². The van der Waals surface area contributed by atoms with Gasteiger partial charge in [-0.15, -0.1) is 0 Å². The number of ether oxygens (including phenoxy) is 1. The summed E-state index contributed by atoms with van der Waals surface area (Å²) in [5.74, 6) is 2.74. The second kappa shape index (κ2) is 13.2. The molecule has 0 fully saturated rings. The Balaban J connectivity index is 1.01. The highest BCUT2D eigenvalue weighted by Gasteiger charge is 2.42. The van der Waals surface area contributed by atoms with Crippen molar-refractivity contribution in [3.63, 3.8) is 0 Å². The highest BCUT2D eigenvalue weighted by atomic mass is 16.5. The Bertz CT molecular complexity index is 2880. The molecule has 264 valence electrons. The summed E-state index contributed by atoms with van der Waals surface area (Å²) in [5.41, 5.74) is 13.3. The van der Waals surface area contributed by atoms with Gasteiger partial charge >= 0.3 is 0 Å². The first-order valence-electron chi connectivity index (χ1n) is 19.0. The summed E-state index contributed by atoms with van der Waals surface area (Å²) in [6.45, 7) is 0. The van der Waals surface area contributed by atoms with Crippen molar-refractivity contribution in [1.82, 2.24) is 19.5 Å². The van der Waals surface area contributed by atoms with Crippen molar-refractivity contribution in [2.45, 2.75) is 12.0 Å². The van der Waals surface area contributed by atoms with Gasteiger partial charge in [-0.3, -0.25) is 0 Å². The minimum absolute atomic E-state index is 0.0282. The van der Waals surface area contributed by atoms with E-state index < -0.39 is 0 Å². The molecule has 2 aromatic heterocycles. The fourth-order valence-electron chi connectivity index (χ4n) is 8.44. The van der Waals surface area contributed by atoms with Gasteiger partial charge in [0.25, 0.3) is 0 Å². The summed E-state index contributed by atoms with van der Waals surface area (Å²) in [5, 5.41) is 1.19. The maximum atomic E-state index is 6.99. The van der Waals surface area contributed by atoms with E-state index in [0.717, 1.165) is 44.9 Å². The molecular formula is C51H34N4O. The second-order valence-corrected chi connectivity index (χ2v) is 14.3. The first-order valence-corrected chi connectivity index (χ1v) is 19.0. The summed E-state index contributed by atoms with van der Waals surface area (Å²) in [7, 11) is 0. The summed E-state index contributed by atoms with van der Waals surface area (Å²) in [6.07, 6.45) is 4.38. The summed E-state index contributed by atoms with van der Waals surface area (Å²) in [6, 6.07) is 63.4. The van der Waals surface area contributed by atoms with E-state index >= 15 is 0 Å². The van der Waals surface area contributed by atoms with E-state index in [1.54, 1.807) is 0 Å². The Kier molecular flexibility index (Phi) is 7.56. The Morgan fingerprint density at radius 3 is 1.70 bits per heavy atom. The van der Waals surface area contributed by atoms with Gasteiger partial charge in [0.2, 0.25) is 0 Å². The van der Waals surface area contributed by atoms with Crippen LogP contribution in [0.2, 0.25) is 0 Å². The molecule has 0 spiro atoms. The van der Waals surface area contributed by atoms with Crippen LogP contribution in [-0.2, 0) is 0 Å². The van der Waals surface area contributed by atoms with Crippen LogP contribution in [0.15, 0.2) is 188 Å². The van der Waals surface area contributed by atoms with Gasteiger partial charge in [-0.1, -0.05) is 164 Å². The topological polar surface area (TPSA) is 52.8 Å². The lowest BCUT2D eigenvalue weighted by molar-refractivity contribution is 0.224. The summed E-state index contributed by atoms with van der Waals surface area (Å²) < 4.78 is 9.38. The van der Waals surface area contributed by atoms with Gasteiger partial charge in [-0.05, 0) is 52.6 Å². The average molecular weight is 719 g/mol. The number of nitrogens with zero attached hydrogens (tertiary/aromatic N) is 4. The Morgan fingerprint density at radius 1 is 0.446 bits per heavy atom. The van der Waals surface area contributed by atoms with Gasteiger partial charge in [0.1, 0.15) is 11.9 Å². The molecule has 0 radical (unpaired) electrons. The first kappa shape index (κ1) is 32.1. The second-order valence-electron chi connectivity index (χ2n) is 14.3. The minimum Gasteiger partial charge on any atom is -0.484 e. The highest BCUT2D eigenvalue weighted by Crippen LogP contribution is 2.55. The smallest absolute Gasteiger partial charge is 0.164 e. The molecule has 1 aliphatic heterocycles. The molecule has 0 bridgehead atoms. The van der Waals surface area contributed by atoms with Crippen LogP contribution in [0.3, 0.4) is 0 Å². The van der Waals surface area contributed by atoms with Gasteiger partial charge in [0.05, 0.1) is 11.2 Å². The van der Waals surface area contributed by atoms with Gasteiger partial charge in [0, 0.05) is 44.8 Å². The molecule has 1 aliphatic carbocycles. The zero-order valence-electron chi connectivity index (χ0n) is 30.3. The van der Waals surface area contributed by atoms with E-state index in [-0.39, 0.29) is 12.0 Å². The molecule has 2 atom stereocenters. The predicted molar refractivity (Wildman–Crippen MR) is 225 cm³/mol. The molecule has 7 aromatic carbocycles. The fourth-order valence-corrected chi connectivity index (χ4v) is 8.44. The van der Waals surface area contributed by atoms with E-state index in [2.05, 4.69) is 132 Å². The van der Waals surface area contributed by atoms with Crippen LogP contribution in [0.5, 0.6) is 5.75 Å². The molecule has 0 saturated heterocycles. The van der Waals surface area contributed by atoms with Crippen molar-refractivity contribution in [2.24, 2.45) is 0 Å². The van der Waals surface area contributed by atoms with Crippen LogP contribution in [0.25, 0.3) is 79.1 Å². The third kappa shape index (κ3) is 5.36. The highest BCUT2D eigenvalue weighted by molar-refractivity contribution is 5.92. The number of para-hydroxylation sites is 1. The van der Waals surface area contributed by atoms with Crippen LogP contribution in [0.1, 0.15) is 28.8 Å². The molecule has 2 unspecified atom stereocenters. The van der Waals surface area contributed by atoms with Crippen LogP contribution >= 0.6 is 0 Å². The molecule has 9 aromatic rings. The number of aromatic nitrogens is 4. The monoisotopic (exact) mass is 718 g/mol. The van der Waals surface area contributed by atoms with Gasteiger partial charge in [-0.25, -0.2) is 15.0 Å². The largest absolute Gasteiger partial charge is 0.484 e. The number of benzene rings is 7. The van der Waals surface area contributed by atoms with Crippen molar-refractivity contribution in [3.05, 3.63) is 205 Å². The van der Waals surface area contributed by atoms with Gasteiger partial charge in [0.15, 0.2) is 17.5 Å². The maximum absolute atomic E-state index is 6.99. The fraction of sp³-hybridized carbons (Fsp3) is 0.0392. The van der Waals surface area contributed by atoms with Crippen molar-refractivity contribution in [3.8, 4) is 67.9 Å². The molecule has 5 heteroatoms. The third-order valence-corrected chi connectivity index (χ3v) is 11.0. The minimum atomic E-state index is -0.213. The van der Waals surface area contributed by atoms with Crippen LogP contribution in [0.4, 0.5) is 0 Å².